The van der Waals surface area contributed by atoms with E-state index >= 15 is 0 Å². The van der Waals surface area contributed by atoms with Crippen LogP contribution in [0.4, 0.5) is 4.79 Å². The highest BCUT2D eigenvalue weighted by Gasteiger charge is 2.57. The van der Waals surface area contributed by atoms with Gasteiger partial charge in [-0.1, -0.05) is 24.3 Å². The molecule has 2 unspecified atom stereocenters. The number of hydrogen-bond donors (Lipinski definition) is 2. The van der Waals surface area contributed by atoms with Crippen LogP contribution < -0.4 is 10.6 Å². The summed E-state index contributed by atoms with van der Waals surface area (Å²) in [5.41, 5.74) is 3.39. The maximum absolute atomic E-state index is 12.0. The van der Waals surface area contributed by atoms with Gasteiger partial charge in [-0.2, -0.15) is 0 Å². The van der Waals surface area contributed by atoms with Gasteiger partial charge in [0, 0.05) is 37.4 Å². The Kier molecular flexibility index (Phi) is 4.47. The van der Waals surface area contributed by atoms with Gasteiger partial charge in [0.25, 0.3) is 0 Å². The fourth-order valence-electron chi connectivity index (χ4n) is 4.32. The molecule has 1 saturated carbocycles. The van der Waals surface area contributed by atoms with Gasteiger partial charge >= 0.3 is 6.03 Å². The number of fused-ring (bicyclic) bond motifs is 2. The first-order chi connectivity index (χ1) is 12.3. The average Bonchev–Trinajstić information content (AvgIpc) is 2.96. The highest BCUT2D eigenvalue weighted by Crippen LogP contribution is 2.61. The zero-order valence-corrected chi connectivity index (χ0v) is 14.6. The summed E-state index contributed by atoms with van der Waals surface area (Å²) in [5, 5.41) is 6.03. The van der Waals surface area contributed by atoms with Crippen molar-refractivity contribution in [2.24, 2.45) is 5.92 Å². The highest BCUT2D eigenvalue weighted by atomic mass is 16.2. The van der Waals surface area contributed by atoms with Crippen molar-refractivity contribution in [3.63, 3.8) is 0 Å². The van der Waals surface area contributed by atoms with Crippen LogP contribution in [0.3, 0.4) is 0 Å². The molecular formula is C20H26N4O. The van der Waals surface area contributed by atoms with Gasteiger partial charge in [-0.15, -0.1) is 0 Å². The molecule has 2 aliphatic carbocycles. The fourth-order valence-corrected chi connectivity index (χ4v) is 4.32. The number of carbonyl (C=O) groups is 1. The SMILES string of the molecule is O=C(NCCCCn1ccnc1)NCC1CC12CCc1ccccc12. The Morgan fingerprint density at radius 1 is 1.28 bits per heavy atom. The molecule has 0 radical (unpaired) electrons. The number of unbranched alkanes of at least 4 members (excludes halogenated alkanes) is 1. The summed E-state index contributed by atoms with van der Waals surface area (Å²) in [4.78, 5) is 16.0. The number of aromatic nitrogens is 2. The highest BCUT2D eigenvalue weighted by molar-refractivity contribution is 5.73. The van der Waals surface area contributed by atoms with Gasteiger partial charge in [-0.05, 0) is 49.1 Å². The van der Waals surface area contributed by atoms with Crippen LogP contribution in [-0.2, 0) is 18.4 Å². The number of urea groups is 1. The van der Waals surface area contributed by atoms with Gasteiger partial charge in [0.15, 0.2) is 0 Å². The van der Waals surface area contributed by atoms with E-state index in [9.17, 15) is 4.79 Å². The van der Waals surface area contributed by atoms with E-state index in [1.54, 1.807) is 6.20 Å². The van der Waals surface area contributed by atoms with Crippen LogP contribution in [0.15, 0.2) is 43.0 Å². The second-order valence-corrected chi connectivity index (χ2v) is 7.36. The van der Waals surface area contributed by atoms with E-state index < -0.39 is 0 Å². The van der Waals surface area contributed by atoms with Crippen molar-refractivity contribution in [3.8, 4) is 0 Å². The number of nitrogens with zero attached hydrogens (tertiary/aromatic N) is 2. The van der Waals surface area contributed by atoms with Crippen LogP contribution >= 0.6 is 0 Å². The van der Waals surface area contributed by atoms with Crippen molar-refractivity contribution < 1.29 is 4.79 Å². The molecule has 5 heteroatoms. The first-order valence-electron chi connectivity index (χ1n) is 9.34. The third-order valence-corrected chi connectivity index (χ3v) is 5.82. The lowest BCUT2D eigenvalue weighted by Crippen LogP contribution is -2.37. The summed E-state index contributed by atoms with van der Waals surface area (Å²) in [6, 6.07) is 8.78. The monoisotopic (exact) mass is 338 g/mol. The summed E-state index contributed by atoms with van der Waals surface area (Å²) < 4.78 is 2.06. The van der Waals surface area contributed by atoms with E-state index in [-0.39, 0.29) is 6.03 Å². The minimum atomic E-state index is -0.0315. The fraction of sp³-hybridized carbons (Fsp3) is 0.500. The minimum Gasteiger partial charge on any atom is -0.338 e. The summed E-state index contributed by atoms with van der Waals surface area (Å²) in [7, 11) is 0. The van der Waals surface area contributed by atoms with Crippen LogP contribution in [0, 0.1) is 5.92 Å². The largest absolute Gasteiger partial charge is 0.338 e. The number of aryl methyl sites for hydroxylation is 2. The lowest BCUT2D eigenvalue weighted by molar-refractivity contribution is 0.240. The predicted octanol–water partition coefficient (Wildman–Crippen LogP) is 2.87. The number of rotatable bonds is 7. The normalized spacial score (nSPS) is 23.4. The minimum absolute atomic E-state index is 0.0315. The maximum Gasteiger partial charge on any atom is 0.314 e. The molecule has 1 aromatic carbocycles. The molecule has 0 saturated heterocycles. The van der Waals surface area contributed by atoms with Crippen LogP contribution in [-0.4, -0.2) is 28.7 Å². The Morgan fingerprint density at radius 2 is 2.20 bits per heavy atom. The molecule has 0 bridgehead atoms. The van der Waals surface area contributed by atoms with Crippen molar-refractivity contribution in [1.29, 1.82) is 0 Å². The Hall–Kier alpha value is -2.30. The molecule has 4 rings (SSSR count). The topological polar surface area (TPSA) is 59.0 Å². The predicted molar refractivity (Wildman–Crippen MR) is 97.4 cm³/mol. The zero-order chi connectivity index (χ0) is 17.1. The molecule has 1 fully saturated rings. The number of benzene rings is 1. The van der Waals surface area contributed by atoms with Crippen LogP contribution in [0.2, 0.25) is 0 Å². The molecule has 1 spiro atoms. The Balaban J connectivity index is 1.14. The summed E-state index contributed by atoms with van der Waals surface area (Å²) in [6.45, 7) is 2.46. The van der Waals surface area contributed by atoms with Crippen molar-refractivity contribution >= 4 is 6.03 Å². The summed E-state index contributed by atoms with van der Waals surface area (Å²) >= 11 is 0. The second-order valence-electron chi connectivity index (χ2n) is 7.36. The van der Waals surface area contributed by atoms with Crippen molar-refractivity contribution in [2.75, 3.05) is 13.1 Å². The van der Waals surface area contributed by atoms with Crippen LogP contribution in [0.1, 0.15) is 36.8 Å². The van der Waals surface area contributed by atoms with Gasteiger partial charge in [-0.25, -0.2) is 9.78 Å². The molecule has 2 amide bonds. The average molecular weight is 338 g/mol. The van der Waals surface area contributed by atoms with Gasteiger partial charge in [-0.3, -0.25) is 0 Å². The quantitative estimate of drug-likeness (QED) is 0.763. The first kappa shape index (κ1) is 16.2. The molecule has 0 aliphatic heterocycles. The lowest BCUT2D eigenvalue weighted by atomic mass is 9.95. The van der Waals surface area contributed by atoms with Gasteiger partial charge < -0.3 is 15.2 Å². The van der Waals surface area contributed by atoms with E-state index in [0.717, 1.165) is 32.5 Å². The van der Waals surface area contributed by atoms with E-state index in [4.69, 9.17) is 0 Å². The van der Waals surface area contributed by atoms with Crippen molar-refractivity contribution in [2.45, 2.75) is 44.1 Å². The van der Waals surface area contributed by atoms with E-state index in [0.29, 0.717) is 11.3 Å². The maximum atomic E-state index is 12.0. The van der Waals surface area contributed by atoms with E-state index in [2.05, 4.69) is 44.5 Å². The van der Waals surface area contributed by atoms with Crippen molar-refractivity contribution in [3.05, 3.63) is 54.1 Å². The van der Waals surface area contributed by atoms with Gasteiger partial charge in [0.1, 0.15) is 0 Å². The van der Waals surface area contributed by atoms with E-state index in [1.165, 1.54) is 30.4 Å². The lowest BCUT2D eigenvalue weighted by Gasteiger charge is -2.12. The third-order valence-electron chi connectivity index (χ3n) is 5.82. The molecule has 2 N–H and O–H groups in total. The first-order valence-corrected chi connectivity index (χ1v) is 9.34. The Morgan fingerprint density at radius 3 is 3.08 bits per heavy atom. The summed E-state index contributed by atoms with van der Waals surface area (Å²) in [6.07, 6.45) is 11.3. The molecule has 1 aromatic heterocycles. The van der Waals surface area contributed by atoms with Gasteiger partial charge in [0.2, 0.25) is 0 Å². The van der Waals surface area contributed by atoms with E-state index in [1.807, 2.05) is 12.5 Å². The molecule has 2 atom stereocenters. The van der Waals surface area contributed by atoms with Crippen LogP contribution in [0.5, 0.6) is 0 Å². The van der Waals surface area contributed by atoms with Crippen LogP contribution in [0.25, 0.3) is 0 Å². The number of carbonyl (C=O) groups excluding carboxylic acids is 1. The molecule has 25 heavy (non-hydrogen) atoms. The standard InChI is InChI=1S/C20H26N4O/c25-19(22-9-3-4-11-24-12-10-21-15-24)23-14-17-13-20(17)8-7-16-5-1-2-6-18(16)20/h1-2,5-6,10,12,15,17H,3-4,7-9,11,13-14H2,(H2,22,23,25). The number of amides is 2. The zero-order valence-electron chi connectivity index (χ0n) is 14.6. The molecule has 2 aliphatic rings. The number of hydrogen-bond acceptors (Lipinski definition) is 2. The molecule has 132 valence electrons. The second kappa shape index (κ2) is 6.90. The molecule has 1 heterocycles. The Bertz CT molecular complexity index is 727. The molecule has 2 aromatic rings. The smallest absolute Gasteiger partial charge is 0.314 e. The summed E-state index contributed by atoms with van der Waals surface area (Å²) in [5.74, 6) is 0.600. The number of imidazole rings is 1. The molecular weight excluding hydrogens is 312 g/mol. The van der Waals surface area contributed by atoms with Crippen molar-refractivity contribution in [1.82, 2.24) is 20.2 Å². The molecule has 5 nitrogen and oxygen atoms in total. The third kappa shape index (κ3) is 3.41. The van der Waals surface area contributed by atoms with Gasteiger partial charge in [0.05, 0.1) is 6.33 Å². The number of nitrogens with one attached hydrogen (secondary N) is 2. The Labute approximate surface area is 148 Å².